The van der Waals surface area contributed by atoms with Gasteiger partial charge < -0.3 is 5.11 Å². The van der Waals surface area contributed by atoms with Gasteiger partial charge in [-0.3, -0.25) is 10.0 Å². The van der Waals surface area contributed by atoms with E-state index in [1.165, 1.54) is 0 Å². The molecule has 0 amide bonds. The predicted octanol–water partition coefficient (Wildman–Crippen LogP) is 0.700. The molecule has 0 saturated heterocycles. The lowest BCUT2D eigenvalue weighted by molar-refractivity contribution is -0.413. The van der Waals surface area contributed by atoms with Crippen molar-refractivity contribution >= 4 is 24.1 Å². The molecule has 0 aliphatic rings. The van der Waals surface area contributed by atoms with Crippen LogP contribution in [0.4, 0.5) is 5.69 Å². The van der Waals surface area contributed by atoms with Crippen LogP contribution in [-0.2, 0) is 0 Å². The SMILES string of the molecule is C=CC(/C=N/N(C)c1ccc(C(=O)O)cc1)=C\C=[NH+]C. The van der Waals surface area contributed by atoms with Crippen LogP contribution in [0, 0.1) is 0 Å². The van der Waals surface area contributed by atoms with Crippen molar-refractivity contribution in [2.45, 2.75) is 0 Å². The molecule has 0 fully saturated rings. The van der Waals surface area contributed by atoms with Gasteiger partial charge in [0.15, 0.2) is 6.21 Å². The van der Waals surface area contributed by atoms with Crippen LogP contribution >= 0.6 is 0 Å². The summed E-state index contributed by atoms with van der Waals surface area (Å²) >= 11 is 0. The van der Waals surface area contributed by atoms with Crippen LogP contribution in [-0.4, -0.2) is 37.6 Å². The molecule has 5 nitrogen and oxygen atoms in total. The smallest absolute Gasteiger partial charge is 0.335 e. The Morgan fingerprint density at radius 3 is 2.55 bits per heavy atom. The third-order valence-electron chi connectivity index (χ3n) is 2.55. The molecule has 0 unspecified atom stereocenters. The summed E-state index contributed by atoms with van der Waals surface area (Å²) in [6.07, 6.45) is 6.99. The average molecular weight is 272 g/mol. The summed E-state index contributed by atoms with van der Waals surface area (Å²) in [7, 11) is 3.60. The van der Waals surface area contributed by atoms with Gasteiger partial charge in [-0.05, 0) is 29.8 Å². The van der Waals surface area contributed by atoms with Crippen molar-refractivity contribution < 1.29 is 14.9 Å². The van der Waals surface area contributed by atoms with Gasteiger partial charge in [0.25, 0.3) is 0 Å². The Bertz CT molecular complexity index is 557. The van der Waals surface area contributed by atoms with Crippen LogP contribution in [0.3, 0.4) is 0 Å². The van der Waals surface area contributed by atoms with Gasteiger partial charge in [-0.1, -0.05) is 12.7 Å². The first-order valence-electron chi connectivity index (χ1n) is 6.02. The lowest BCUT2D eigenvalue weighted by Crippen LogP contribution is -2.62. The Hall–Kier alpha value is -2.69. The molecule has 104 valence electrons. The second-order valence-corrected chi connectivity index (χ2v) is 3.95. The normalized spacial score (nSPS) is 12.0. The fourth-order valence-corrected chi connectivity index (χ4v) is 1.38. The molecule has 2 N–H and O–H groups in total. The minimum absolute atomic E-state index is 0.251. The Morgan fingerprint density at radius 2 is 2.05 bits per heavy atom. The Balaban J connectivity index is 2.82. The van der Waals surface area contributed by atoms with E-state index in [0.29, 0.717) is 0 Å². The van der Waals surface area contributed by atoms with Gasteiger partial charge in [-0.15, -0.1) is 0 Å². The van der Waals surface area contributed by atoms with E-state index in [2.05, 4.69) is 16.7 Å². The highest BCUT2D eigenvalue weighted by atomic mass is 16.4. The molecule has 0 saturated carbocycles. The molecule has 5 heteroatoms. The summed E-state index contributed by atoms with van der Waals surface area (Å²) in [6.45, 7) is 3.70. The highest BCUT2D eigenvalue weighted by Gasteiger charge is 2.03. The van der Waals surface area contributed by atoms with Crippen LogP contribution in [0.5, 0.6) is 0 Å². The van der Waals surface area contributed by atoms with E-state index in [0.717, 1.165) is 11.3 Å². The molecule has 1 aromatic rings. The summed E-state index contributed by atoms with van der Waals surface area (Å²) in [6, 6.07) is 6.50. The van der Waals surface area contributed by atoms with Gasteiger partial charge >= 0.3 is 5.97 Å². The summed E-state index contributed by atoms with van der Waals surface area (Å²) < 4.78 is 0. The van der Waals surface area contributed by atoms with Crippen LogP contribution in [0.2, 0.25) is 0 Å². The Labute approximate surface area is 118 Å². The monoisotopic (exact) mass is 272 g/mol. The third kappa shape index (κ3) is 4.53. The Morgan fingerprint density at radius 1 is 1.40 bits per heavy atom. The molecule has 0 heterocycles. The molecule has 1 rings (SSSR count). The van der Waals surface area contributed by atoms with Crippen LogP contribution in [0.15, 0.2) is 53.7 Å². The number of allylic oxidation sites excluding steroid dienone is 3. The quantitative estimate of drug-likeness (QED) is 0.455. The molecule has 0 spiro atoms. The van der Waals surface area contributed by atoms with Crippen molar-refractivity contribution in [3.05, 3.63) is 54.1 Å². The third-order valence-corrected chi connectivity index (χ3v) is 2.55. The summed E-state index contributed by atoms with van der Waals surface area (Å²) in [5.74, 6) is -0.942. The lowest BCUT2D eigenvalue weighted by Gasteiger charge is -2.12. The topological polar surface area (TPSA) is 66.9 Å². The standard InChI is InChI=1S/C15H17N3O2/c1-4-12(9-10-16-2)11-17-18(3)14-7-5-13(6-8-14)15(19)20/h4-11H,1H2,2-3H3,(H,19,20)/p+1/b12-9+,16-10?,17-11+. The minimum Gasteiger partial charge on any atom is -0.478 e. The maximum Gasteiger partial charge on any atom is 0.335 e. The number of nitrogens with one attached hydrogen (secondary N) is 1. The van der Waals surface area contributed by atoms with Crippen LogP contribution < -0.4 is 10.0 Å². The molecular formula is C15H18N3O2+. The van der Waals surface area contributed by atoms with Crippen LogP contribution in [0.1, 0.15) is 10.4 Å². The highest BCUT2D eigenvalue weighted by molar-refractivity contribution is 5.89. The number of carboxylic acids is 1. The maximum atomic E-state index is 10.8. The number of benzene rings is 1. The van der Waals surface area contributed by atoms with E-state index in [1.807, 2.05) is 13.1 Å². The van der Waals surface area contributed by atoms with Crippen molar-refractivity contribution in [1.82, 2.24) is 0 Å². The molecular weight excluding hydrogens is 254 g/mol. The fourth-order valence-electron chi connectivity index (χ4n) is 1.38. The number of carbonyl (C=O) groups is 1. The number of hydrazone groups is 1. The summed E-state index contributed by atoms with van der Waals surface area (Å²) in [5, 5.41) is 14.8. The molecule has 1 aromatic carbocycles. The largest absolute Gasteiger partial charge is 0.478 e. The van der Waals surface area contributed by atoms with Gasteiger partial charge in [0.05, 0.1) is 17.5 Å². The lowest BCUT2D eigenvalue weighted by atomic mass is 10.2. The number of aromatic carboxylic acids is 1. The van der Waals surface area contributed by atoms with Crippen molar-refractivity contribution in [2.75, 3.05) is 19.1 Å². The molecule has 0 bridgehead atoms. The second kappa shape index (κ2) is 7.68. The molecule has 20 heavy (non-hydrogen) atoms. The summed E-state index contributed by atoms with van der Waals surface area (Å²) in [4.78, 5) is 13.7. The summed E-state index contributed by atoms with van der Waals surface area (Å²) in [5.41, 5.74) is 1.90. The molecule has 0 aromatic heterocycles. The zero-order valence-corrected chi connectivity index (χ0v) is 11.6. The average Bonchev–Trinajstić information content (AvgIpc) is 2.47. The number of hydrogen-bond acceptors (Lipinski definition) is 3. The Kier molecular flexibility index (Phi) is 5.90. The van der Waals surface area contributed by atoms with E-state index >= 15 is 0 Å². The molecule has 0 aliphatic carbocycles. The van der Waals surface area contributed by atoms with Gasteiger partial charge in [-0.2, -0.15) is 5.10 Å². The van der Waals surface area contributed by atoms with E-state index < -0.39 is 5.97 Å². The van der Waals surface area contributed by atoms with Gasteiger partial charge in [0.1, 0.15) is 7.05 Å². The highest BCUT2D eigenvalue weighted by Crippen LogP contribution is 2.14. The maximum absolute atomic E-state index is 10.8. The van der Waals surface area contributed by atoms with Gasteiger partial charge in [0.2, 0.25) is 0 Å². The first-order chi connectivity index (χ1) is 9.58. The number of nitrogens with zero attached hydrogens (tertiary/aromatic N) is 2. The van der Waals surface area contributed by atoms with E-state index in [9.17, 15) is 4.79 Å². The van der Waals surface area contributed by atoms with E-state index in [4.69, 9.17) is 5.11 Å². The number of carboxylic acid groups (broad SMARTS) is 1. The first kappa shape index (κ1) is 15.4. The van der Waals surface area contributed by atoms with Gasteiger partial charge in [0, 0.05) is 13.1 Å². The van der Waals surface area contributed by atoms with Crippen molar-refractivity contribution in [2.24, 2.45) is 5.10 Å². The molecule has 0 aliphatic heterocycles. The first-order valence-corrected chi connectivity index (χ1v) is 6.02. The van der Waals surface area contributed by atoms with Crippen LogP contribution in [0.25, 0.3) is 0 Å². The van der Waals surface area contributed by atoms with Gasteiger partial charge in [-0.25, -0.2) is 4.79 Å². The molecule has 0 radical (unpaired) electrons. The number of rotatable bonds is 6. The number of anilines is 1. The fraction of sp³-hybridized carbons (Fsp3) is 0.133. The predicted molar refractivity (Wildman–Crippen MR) is 81.5 cm³/mol. The van der Waals surface area contributed by atoms with E-state index in [1.54, 1.807) is 54.8 Å². The van der Waals surface area contributed by atoms with Crippen molar-refractivity contribution in [3.63, 3.8) is 0 Å². The molecule has 0 atom stereocenters. The van der Waals surface area contributed by atoms with Crippen molar-refractivity contribution in [1.29, 1.82) is 0 Å². The number of hydrogen-bond donors (Lipinski definition) is 2. The van der Waals surface area contributed by atoms with Crippen molar-refractivity contribution in [3.8, 4) is 0 Å². The zero-order chi connectivity index (χ0) is 15.0. The minimum atomic E-state index is -0.942. The second-order valence-electron chi connectivity index (χ2n) is 3.95. The van der Waals surface area contributed by atoms with E-state index in [-0.39, 0.29) is 5.56 Å². The zero-order valence-electron chi connectivity index (χ0n) is 11.6.